The first-order chi connectivity index (χ1) is 11.1. The lowest BCUT2D eigenvalue weighted by Crippen LogP contribution is -2.29. The molecule has 0 saturated carbocycles. The Morgan fingerprint density at radius 2 is 2.17 bits per heavy atom. The molecular formula is C16H16N2O5. The van der Waals surface area contributed by atoms with E-state index in [9.17, 15) is 14.9 Å². The van der Waals surface area contributed by atoms with Crippen molar-refractivity contribution in [1.82, 2.24) is 4.90 Å². The molecule has 0 radical (unpaired) electrons. The first-order valence-electron chi connectivity index (χ1n) is 7.22. The maximum atomic E-state index is 11.4. The number of ether oxygens (including phenoxy) is 1. The molecule has 23 heavy (non-hydrogen) atoms. The molecule has 0 saturated heterocycles. The van der Waals surface area contributed by atoms with Gasteiger partial charge in [0.1, 0.15) is 5.76 Å². The van der Waals surface area contributed by atoms with Gasteiger partial charge < -0.3 is 9.15 Å². The molecule has 1 aliphatic rings. The zero-order valence-electron chi connectivity index (χ0n) is 12.7. The number of non-ortho nitro benzene ring substituents is 1. The molecule has 0 fully saturated rings. The number of hydrogen-bond acceptors (Lipinski definition) is 6. The van der Waals surface area contributed by atoms with Gasteiger partial charge in [-0.2, -0.15) is 0 Å². The first-order valence-corrected chi connectivity index (χ1v) is 7.22. The van der Waals surface area contributed by atoms with E-state index in [4.69, 9.17) is 4.42 Å². The Labute approximate surface area is 132 Å². The normalized spacial score (nSPS) is 14.3. The Morgan fingerprint density at radius 1 is 1.35 bits per heavy atom. The van der Waals surface area contributed by atoms with E-state index in [-0.39, 0.29) is 16.4 Å². The van der Waals surface area contributed by atoms with Crippen LogP contribution < -0.4 is 0 Å². The summed E-state index contributed by atoms with van der Waals surface area (Å²) >= 11 is 0. The van der Waals surface area contributed by atoms with Crippen LogP contribution >= 0.6 is 0 Å². The van der Waals surface area contributed by atoms with E-state index >= 15 is 0 Å². The number of methoxy groups -OCH3 is 1. The molecule has 0 amide bonds. The molecule has 2 heterocycles. The average molecular weight is 316 g/mol. The van der Waals surface area contributed by atoms with Gasteiger partial charge in [-0.15, -0.1) is 0 Å². The lowest BCUT2D eigenvalue weighted by atomic mass is 9.99. The predicted molar refractivity (Wildman–Crippen MR) is 81.0 cm³/mol. The van der Waals surface area contributed by atoms with Crippen LogP contribution in [0.15, 0.2) is 34.7 Å². The van der Waals surface area contributed by atoms with Crippen molar-refractivity contribution < 1.29 is 18.9 Å². The van der Waals surface area contributed by atoms with Crippen molar-refractivity contribution in [2.45, 2.75) is 19.5 Å². The number of furan rings is 1. The van der Waals surface area contributed by atoms with E-state index in [0.717, 1.165) is 24.1 Å². The second kappa shape index (κ2) is 6.21. The van der Waals surface area contributed by atoms with Crippen LogP contribution in [0.4, 0.5) is 5.69 Å². The highest BCUT2D eigenvalue weighted by Gasteiger charge is 2.20. The molecular weight excluding hydrogens is 300 g/mol. The highest BCUT2D eigenvalue weighted by molar-refractivity contribution is 5.86. The summed E-state index contributed by atoms with van der Waals surface area (Å²) < 4.78 is 10.1. The minimum absolute atomic E-state index is 0.108. The van der Waals surface area contributed by atoms with E-state index in [0.29, 0.717) is 18.8 Å². The number of carbonyl (C=O) groups excluding carboxylic acids is 1. The van der Waals surface area contributed by atoms with Crippen LogP contribution in [0.5, 0.6) is 0 Å². The van der Waals surface area contributed by atoms with Crippen molar-refractivity contribution in [1.29, 1.82) is 0 Å². The van der Waals surface area contributed by atoms with Crippen LogP contribution in [0.2, 0.25) is 0 Å². The first kappa shape index (κ1) is 15.2. The van der Waals surface area contributed by atoms with Crippen LogP contribution in [0.25, 0.3) is 0 Å². The summed E-state index contributed by atoms with van der Waals surface area (Å²) in [7, 11) is 1.30. The molecule has 0 spiro atoms. The van der Waals surface area contributed by atoms with Gasteiger partial charge >= 0.3 is 5.97 Å². The number of nitro groups is 1. The van der Waals surface area contributed by atoms with Gasteiger partial charge in [-0.3, -0.25) is 15.0 Å². The van der Waals surface area contributed by atoms with Crippen molar-refractivity contribution in [3.63, 3.8) is 0 Å². The quantitative estimate of drug-likeness (QED) is 0.489. The Morgan fingerprint density at radius 3 is 2.91 bits per heavy atom. The zero-order chi connectivity index (χ0) is 16.4. The molecule has 1 aromatic heterocycles. The fourth-order valence-corrected chi connectivity index (χ4v) is 2.74. The summed E-state index contributed by atoms with van der Waals surface area (Å²) in [6.07, 6.45) is 0.831. The standard InChI is InChI=1S/C16H16N2O5/c1-22-16(19)15-5-4-14(23-15)10-17-7-6-11-2-3-13(18(20)21)8-12(11)9-17/h2-5,8H,6-7,9-10H2,1H3. The highest BCUT2D eigenvalue weighted by atomic mass is 16.6. The van der Waals surface area contributed by atoms with Gasteiger partial charge in [0.25, 0.3) is 5.69 Å². The monoisotopic (exact) mass is 316 g/mol. The number of hydrogen-bond donors (Lipinski definition) is 0. The summed E-state index contributed by atoms with van der Waals surface area (Å²) in [5, 5.41) is 10.9. The zero-order valence-corrected chi connectivity index (χ0v) is 12.7. The topological polar surface area (TPSA) is 85.8 Å². The third-order valence-electron chi connectivity index (χ3n) is 3.92. The second-order valence-corrected chi connectivity index (χ2v) is 5.43. The molecule has 7 nitrogen and oxygen atoms in total. The van der Waals surface area contributed by atoms with E-state index in [1.807, 2.05) is 6.07 Å². The minimum atomic E-state index is -0.504. The number of nitro benzene ring substituents is 1. The summed E-state index contributed by atoms with van der Waals surface area (Å²) in [4.78, 5) is 24.0. The molecule has 0 atom stereocenters. The second-order valence-electron chi connectivity index (χ2n) is 5.43. The Kier molecular flexibility index (Phi) is 4.12. The van der Waals surface area contributed by atoms with Crippen molar-refractivity contribution in [2.75, 3.05) is 13.7 Å². The van der Waals surface area contributed by atoms with Gasteiger partial charge in [0.15, 0.2) is 0 Å². The molecule has 1 aromatic carbocycles. The molecule has 0 N–H and O–H groups in total. The fraction of sp³-hybridized carbons (Fsp3) is 0.312. The van der Waals surface area contributed by atoms with Gasteiger partial charge in [-0.25, -0.2) is 4.79 Å². The molecule has 7 heteroatoms. The van der Waals surface area contributed by atoms with Crippen LogP contribution in [0.1, 0.15) is 27.4 Å². The predicted octanol–water partition coefficient (Wildman–Crippen LogP) is 2.53. The number of nitrogens with zero attached hydrogens (tertiary/aromatic N) is 2. The number of carbonyl (C=O) groups is 1. The summed E-state index contributed by atoms with van der Waals surface area (Å²) in [6.45, 7) is 1.99. The van der Waals surface area contributed by atoms with Crippen LogP contribution in [-0.4, -0.2) is 29.4 Å². The molecule has 1 aliphatic heterocycles. The molecule has 0 bridgehead atoms. The number of fused-ring (bicyclic) bond motifs is 1. The van der Waals surface area contributed by atoms with Gasteiger partial charge in [-0.05, 0) is 29.7 Å². The third kappa shape index (κ3) is 3.24. The lowest BCUT2D eigenvalue weighted by Gasteiger charge is -2.27. The number of esters is 1. The van der Waals surface area contributed by atoms with E-state index < -0.39 is 5.97 Å². The lowest BCUT2D eigenvalue weighted by molar-refractivity contribution is -0.385. The third-order valence-corrected chi connectivity index (χ3v) is 3.92. The number of rotatable bonds is 4. The van der Waals surface area contributed by atoms with Gasteiger partial charge in [0.05, 0.1) is 18.6 Å². The van der Waals surface area contributed by atoms with Crippen LogP contribution in [0.3, 0.4) is 0 Å². The summed E-state index contributed by atoms with van der Waals surface area (Å²) in [5.74, 6) is 0.339. The maximum Gasteiger partial charge on any atom is 0.373 e. The van der Waals surface area contributed by atoms with Crippen molar-refractivity contribution in [3.05, 3.63) is 63.1 Å². The molecule has 2 aromatic rings. The van der Waals surface area contributed by atoms with Crippen LogP contribution in [0, 0.1) is 10.1 Å². The largest absolute Gasteiger partial charge is 0.463 e. The van der Waals surface area contributed by atoms with Gasteiger partial charge in [0, 0.05) is 25.2 Å². The maximum absolute atomic E-state index is 11.4. The smallest absolute Gasteiger partial charge is 0.373 e. The molecule has 3 rings (SSSR count). The van der Waals surface area contributed by atoms with E-state index in [1.165, 1.54) is 7.11 Å². The molecule has 0 aliphatic carbocycles. The Hall–Kier alpha value is -2.67. The fourth-order valence-electron chi connectivity index (χ4n) is 2.74. The SMILES string of the molecule is COC(=O)c1ccc(CN2CCc3ccc([N+](=O)[O-])cc3C2)o1. The Bertz CT molecular complexity index is 753. The highest BCUT2D eigenvalue weighted by Crippen LogP contribution is 2.25. The Balaban J connectivity index is 1.71. The number of benzene rings is 1. The molecule has 120 valence electrons. The van der Waals surface area contributed by atoms with Gasteiger partial charge in [-0.1, -0.05) is 6.07 Å². The summed E-state index contributed by atoms with van der Waals surface area (Å²) in [6, 6.07) is 8.33. The summed E-state index contributed by atoms with van der Waals surface area (Å²) in [5.41, 5.74) is 2.21. The van der Waals surface area contributed by atoms with Crippen molar-refractivity contribution in [2.24, 2.45) is 0 Å². The van der Waals surface area contributed by atoms with Crippen molar-refractivity contribution in [3.8, 4) is 0 Å². The minimum Gasteiger partial charge on any atom is -0.463 e. The van der Waals surface area contributed by atoms with Gasteiger partial charge in [0.2, 0.25) is 5.76 Å². The van der Waals surface area contributed by atoms with Crippen molar-refractivity contribution >= 4 is 11.7 Å². The molecule has 0 unspecified atom stereocenters. The van der Waals surface area contributed by atoms with E-state index in [1.54, 1.807) is 24.3 Å². The average Bonchev–Trinajstić information content (AvgIpc) is 3.01. The van der Waals surface area contributed by atoms with E-state index in [2.05, 4.69) is 9.64 Å². The van der Waals surface area contributed by atoms with Crippen LogP contribution in [-0.2, 0) is 24.2 Å².